The highest BCUT2D eigenvalue weighted by Crippen LogP contribution is 2.24. The normalized spacial score (nSPS) is 13.6. The number of nitrogens with one attached hydrogen (secondary N) is 1. The van der Waals surface area contributed by atoms with E-state index >= 15 is 0 Å². The van der Waals surface area contributed by atoms with Crippen LogP contribution in [0.25, 0.3) is 0 Å². The highest BCUT2D eigenvalue weighted by atomic mass is 35.5. The molecule has 2 aromatic carbocycles. The predicted molar refractivity (Wildman–Crippen MR) is 84.1 cm³/mol. The maximum absolute atomic E-state index is 11.8. The Morgan fingerprint density at radius 1 is 1.14 bits per heavy atom. The van der Waals surface area contributed by atoms with Gasteiger partial charge in [0, 0.05) is 9.92 Å². The highest BCUT2D eigenvalue weighted by molar-refractivity contribution is 8.00. The second kappa shape index (κ2) is 6.20. The van der Waals surface area contributed by atoms with Gasteiger partial charge in [-0.25, -0.2) is 5.43 Å². The lowest BCUT2D eigenvalue weighted by atomic mass is 10.2. The lowest BCUT2D eigenvalue weighted by molar-refractivity contribution is 0.0955. The standard InChI is InChI=1S/C15H11ClN2O2S/c16-10-5-7-11(8-6-10)21-9-14-17-18-15(19)12-3-1-2-4-13(12)20-14/h1-8H,9H2,(H,18,19). The van der Waals surface area contributed by atoms with Crippen molar-refractivity contribution in [2.75, 3.05) is 5.75 Å². The van der Waals surface area contributed by atoms with E-state index < -0.39 is 0 Å². The monoisotopic (exact) mass is 318 g/mol. The van der Waals surface area contributed by atoms with Crippen LogP contribution in [0.4, 0.5) is 0 Å². The molecule has 4 nitrogen and oxygen atoms in total. The number of benzene rings is 2. The van der Waals surface area contributed by atoms with Crippen LogP contribution in [0.1, 0.15) is 10.4 Å². The summed E-state index contributed by atoms with van der Waals surface area (Å²) < 4.78 is 5.69. The molecule has 106 valence electrons. The number of hydrazone groups is 1. The number of hydrogen-bond acceptors (Lipinski definition) is 4. The van der Waals surface area contributed by atoms with Gasteiger partial charge in [-0.05, 0) is 36.4 Å². The van der Waals surface area contributed by atoms with Crippen molar-refractivity contribution >= 4 is 35.2 Å². The lowest BCUT2D eigenvalue weighted by Gasteiger charge is -2.07. The molecule has 2 aromatic rings. The molecule has 1 aliphatic heterocycles. The van der Waals surface area contributed by atoms with E-state index in [9.17, 15) is 4.79 Å². The van der Waals surface area contributed by atoms with E-state index in [-0.39, 0.29) is 5.91 Å². The van der Waals surface area contributed by atoms with E-state index in [2.05, 4.69) is 10.5 Å². The summed E-state index contributed by atoms with van der Waals surface area (Å²) in [5, 5.41) is 4.70. The van der Waals surface area contributed by atoms with Crippen LogP contribution in [0, 0.1) is 0 Å². The topological polar surface area (TPSA) is 50.7 Å². The molecule has 0 saturated heterocycles. The number of carbonyl (C=O) groups excluding carboxylic acids is 1. The molecule has 0 radical (unpaired) electrons. The number of hydrogen-bond donors (Lipinski definition) is 1. The Labute approximate surface area is 131 Å². The van der Waals surface area contributed by atoms with Gasteiger partial charge in [-0.2, -0.15) is 0 Å². The van der Waals surface area contributed by atoms with Crippen LogP contribution >= 0.6 is 23.4 Å². The van der Waals surface area contributed by atoms with E-state index in [1.165, 1.54) is 0 Å². The fraction of sp³-hybridized carbons (Fsp3) is 0.0667. The van der Waals surface area contributed by atoms with Crippen LogP contribution in [0.2, 0.25) is 5.02 Å². The van der Waals surface area contributed by atoms with E-state index in [1.54, 1.807) is 30.0 Å². The molecule has 0 spiro atoms. The zero-order valence-electron chi connectivity index (χ0n) is 10.9. The number of nitrogens with zero attached hydrogens (tertiary/aromatic N) is 1. The van der Waals surface area contributed by atoms with Crippen molar-refractivity contribution in [2.24, 2.45) is 5.10 Å². The van der Waals surface area contributed by atoms with Gasteiger partial charge in [0.05, 0.1) is 11.3 Å². The lowest BCUT2D eigenvalue weighted by Crippen LogP contribution is -2.18. The third kappa shape index (κ3) is 3.37. The Kier molecular flexibility index (Phi) is 4.13. The Bertz CT molecular complexity index is 701. The summed E-state index contributed by atoms with van der Waals surface area (Å²) >= 11 is 7.40. The van der Waals surface area contributed by atoms with E-state index in [1.807, 2.05) is 30.3 Å². The first kappa shape index (κ1) is 14.0. The molecule has 1 aliphatic rings. The van der Waals surface area contributed by atoms with Gasteiger partial charge in [-0.15, -0.1) is 16.9 Å². The summed E-state index contributed by atoms with van der Waals surface area (Å²) in [6, 6.07) is 14.6. The number of halogens is 1. The molecular formula is C15H11ClN2O2S. The summed E-state index contributed by atoms with van der Waals surface area (Å²) in [5.74, 6) is 1.21. The van der Waals surface area contributed by atoms with Gasteiger partial charge >= 0.3 is 0 Å². The summed E-state index contributed by atoms with van der Waals surface area (Å²) in [6.45, 7) is 0. The fourth-order valence-electron chi connectivity index (χ4n) is 1.80. The van der Waals surface area contributed by atoms with Crippen molar-refractivity contribution in [3.05, 3.63) is 59.1 Å². The quantitative estimate of drug-likeness (QED) is 0.880. The molecule has 1 heterocycles. The molecule has 0 saturated carbocycles. The van der Waals surface area contributed by atoms with Crippen molar-refractivity contribution in [1.29, 1.82) is 0 Å². The van der Waals surface area contributed by atoms with Crippen molar-refractivity contribution < 1.29 is 9.53 Å². The molecule has 21 heavy (non-hydrogen) atoms. The van der Waals surface area contributed by atoms with Crippen molar-refractivity contribution in [3.63, 3.8) is 0 Å². The number of amides is 1. The fourth-order valence-corrected chi connectivity index (χ4v) is 2.67. The molecule has 1 N–H and O–H groups in total. The number of carbonyl (C=O) groups is 1. The number of fused-ring (bicyclic) bond motifs is 1. The van der Waals surface area contributed by atoms with Gasteiger partial charge in [0.25, 0.3) is 5.91 Å². The predicted octanol–water partition coefficient (Wildman–Crippen LogP) is 3.57. The third-order valence-electron chi connectivity index (χ3n) is 2.82. The molecule has 0 fully saturated rings. The zero-order chi connectivity index (χ0) is 14.7. The Hall–Kier alpha value is -1.98. The van der Waals surface area contributed by atoms with Gasteiger partial charge in [0.15, 0.2) is 0 Å². The number of para-hydroxylation sites is 1. The molecule has 0 bridgehead atoms. The van der Waals surface area contributed by atoms with Gasteiger partial charge in [-0.3, -0.25) is 4.79 Å². The Morgan fingerprint density at radius 3 is 2.71 bits per heavy atom. The zero-order valence-corrected chi connectivity index (χ0v) is 12.4. The van der Waals surface area contributed by atoms with Crippen molar-refractivity contribution in [3.8, 4) is 5.75 Å². The second-order valence-corrected chi connectivity index (χ2v) is 5.77. The Balaban J connectivity index is 1.72. The average molecular weight is 319 g/mol. The van der Waals surface area contributed by atoms with Crippen molar-refractivity contribution in [1.82, 2.24) is 5.43 Å². The number of ether oxygens (including phenoxy) is 1. The molecule has 0 atom stereocenters. The summed E-state index contributed by atoms with van der Waals surface area (Å²) in [4.78, 5) is 12.9. The minimum Gasteiger partial charge on any atom is -0.440 e. The number of rotatable bonds is 3. The molecule has 1 amide bonds. The van der Waals surface area contributed by atoms with Crippen LogP contribution < -0.4 is 10.2 Å². The molecule has 0 aromatic heterocycles. The molecule has 6 heteroatoms. The smallest absolute Gasteiger partial charge is 0.275 e. The molecule has 3 rings (SSSR count). The van der Waals surface area contributed by atoms with Crippen LogP contribution in [-0.4, -0.2) is 17.6 Å². The largest absolute Gasteiger partial charge is 0.440 e. The first-order valence-electron chi connectivity index (χ1n) is 6.24. The van der Waals surface area contributed by atoms with Gasteiger partial charge in [0.1, 0.15) is 5.75 Å². The second-order valence-electron chi connectivity index (χ2n) is 4.29. The van der Waals surface area contributed by atoms with Crippen LogP contribution in [0.3, 0.4) is 0 Å². The maximum atomic E-state index is 11.8. The van der Waals surface area contributed by atoms with Crippen molar-refractivity contribution in [2.45, 2.75) is 4.90 Å². The minimum atomic E-state index is -0.267. The van der Waals surface area contributed by atoms with Gasteiger partial charge in [-0.1, -0.05) is 23.7 Å². The van der Waals surface area contributed by atoms with E-state index in [0.29, 0.717) is 28.0 Å². The van der Waals surface area contributed by atoms with E-state index in [4.69, 9.17) is 16.3 Å². The van der Waals surface area contributed by atoms with Gasteiger partial charge in [0.2, 0.25) is 5.90 Å². The van der Waals surface area contributed by atoms with Crippen LogP contribution in [0.5, 0.6) is 5.75 Å². The highest BCUT2D eigenvalue weighted by Gasteiger charge is 2.18. The minimum absolute atomic E-state index is 0.267. The SMILES string of the molecule is O=C1NN=C(CSc2ccc(Cl)cc2)Oc2ccccc21. The average Bonchev–Trinajstić information content (AvgIpc) is 2.67. The molecule has 0 aliphatic carbocycles. The van der Waals surface area contributed by atoms with Crippen LogP contribution in [-0.2, 0) is 0 Å². The van der Waals surface area contributed by atoms with Gasteiger partial charge < -0.3 is 4.74 Å². The first-order valence-corrected chi connectivity index (χ1v) is 7.61. The first-order chi connectivity index (χ1) is 10.2. The van der Waals surface area contributed by atoms with Crippen LogP contribution in [0.15, 0.2) is 58.5 Å². The maximum Gasteiger partial charge on any atom is 0.275 e. The Morgan fingerprint density at radius 2 is 1.90 bits per heavy atom. The summed E-state index contributed by atoms with van der Waals surface area (Å²) in [5.41, 5.74) is 2.97. The van der Waals surface area contributed by atoms with E-state index in [0.717, 1.165) is 4.90 Å². The summed E-state index contributed by atoms with van der Waals surface area (Å²) in [6.07, 6.45) is 0. The molecular weight excluding hydrogens is 308 g/mol. The molecule has 0 unspecified atom stereocenters. The number of thioether (sulfide) groups is 1. The third-order valence-corrected chi connectivity index (χ3v) is 4.07. The summed E-state index contributed by atoms with van der Waals surface area (Å²) in [7, 11) is 0.